The summed E-state index contributed by atoms with van der Waals surface area (Å²) in [6.45, 7) is 2.40. The summed E-state index contributed by atoms with van der Waals surface area (Å²) in [6, 6.07) is 8.85. The number of hydrogen-bond acceptors (Lipinski definition) is 3. The molecule has 0 amide bonds. The highest BCUT2D eigenvalue weighted by Crippen LogP contribution is 2.18. The van der Waals surface area contributed by atoms with E-state index < -0.39 is 0 Å². The zero-order valence-corrected chi connectivity index (χ0v) is 9.03. The van der Waals surface area contributed by atoms with Crippen molar-refractivity contribution >= 4 is 5.69 Å². The minimum atomic E-state index is 0.480. The van der Waals surface area contributed by atoms with Crippen molar-refractivity contribution in [1.82, 2.24) is 0 Å². The quantitative estimate of drug-likeness (QED) is 0.797. The molecule has 0 aromatic heterocycles. The van der Waals surface area contributed by atoms with Gasteiger partial charge in [0.1, 0.15) is 0 Å². The number of ether oxygens (including phenoxy) is 2. The highest BCUT2D eigenvalue weighted by molar-refractivity contribution is 5.52. The second-order valence-corrected chi connectivity index (χ2v) is 3.78. The number of anilines is 1. The SMILES string of the molecule is COCCc1ccccc1NC1COC1. The van der Waals surface area contributed by atoms with Crippen LogP contribution in [0.5, 0.6) is 0 Å². The molecule has 3 nitrogen and oxygen atoms in total. The third kappa shape index (κ3) is 2.70. The van der Waals surface area contributed by atoms with Crippen molar-refractivity contribution in [3.05, 3.63) is 29.8 Å². The van der Waals surface area contributed by atoms with Crippen LogP contribution in [0.1, 0.15) is 5.56 Å². The van der Waals surface area contributed by atoms with E-state index in [1.54, 1.807) is 7.11 Å². The lowest BCUT2D eigenvalue weighted by Gasteiger charge is -2.28. The number of benzene rings is 1. The van der Waals surface area contributed by atoms with Gasteiger partial charge < -0.3 is 14.8 Å². The van der Waals surface area contributed by atoms with E-state index in [1.165, 1.54) is 11.3 Å². The fourth-order valence-electron chi connectivity index (χ4n) is 1.63. The second kappa shape index (κ2) is 5.14. The van der Waals surface area contributed by atoms with Gasteiger partial charge in [0.25, 0.3) is 0 Å². The molecule has 2 rings (SSSR count). The predicted octanol–water partition coefficient (Wildman–Crippen LogP) is 1.69. The summed E-state index contributed by atoms with van der Waals surface area (Å²) in [5, 5.41) is 3.48. The molecular formula is C12H17NO2. The maximum atomic E-state index is 5.14. The Bertz CT molecular complexity index is 310. The van der Waals surface area contributed by atoms with Gasteiger partial charge in [0.15, 0.2) is 0 Å². The summed E-state index contributed by atoms with van der Waals surface area (Å²) in [7, 11) is 1.73. The molecule has 0 radical (unpaired) electrons. The first-order chi connectivity index (χ1) is 7.40. The van der Waals surface area contributed by atoms with E-state index in [-0.39, 0.29) is 0 Å². The van der Waals surface area contributed by atoms with Gasteiger partial charge in [-0.05, 0) is 18.1 Å². The van der Waals surface area contributed by atoms with Crippen LogP contribution in [-0.2, 0) is 15.9 Å². The highest BCUT2D eigenvalue weighted by atomic mass is 16.5. The van der Waals surface area contributed by atoms with Gasteiger partial charge in [-0.2, -0.15) is 0 Å². The van der Waals surface area contributed by atoms with Crippen LogP contribution in [0.3, 0.4) is 0 Å². The molecule has 82 valence electrons. The average molecular weight is 207 g/mol. The average Bonchev–Trinajstić information content (AvgIpc) is 2.22. The fraction of sp³-hybridized carbons (Fsp3) is 0.500. The molecule has 15 heavy (non-hydrogen) atoms. The van der Waals surface area contributed by atoms with Gasteiger partial charge in [0.05, 0.1) is 25.9 Å². The molecule has 0 bridgehead atoms. The first kappa shape index (κ1) is 10.5. The van der Waals surface area contributed by atoms with Crippen LogP contribution >= 0.6 is 0 Å². The first-order valence-electron chi connectivity index (χ1n) is 5.31. The van der Waals surface area contributed by atoms with Crippen molar-refractivity contribution in [3.63, 3.8) is 0 Å². The molecule has 0 atom stereocenters. The van der Waals surface area contributed by atoms with Gasteiger partial charge in [-0.15, -0.1) is 0 Å². The Kier molecular flexibility index (Phi) is 3.59. The minimum absolute atomic E-state index is 0.480. The van der Waals surface area contributed by atoms with Crippen molar-refractivity contribution < 1.29 is 9.47 Å². The van der Waals surface area contributed by atoms with Crippen LogP contribution in [0.2, 0.25) is 0 Å². The molecular weight excluding hydrogens is 190 g/mol. The van der Waals surface area contributed by atoms with E-state index in [0.29, 0.717) is 6.04 Å². The molecule has 0 unspecified atom stereocenters. The zero-order chi connectivity index (χ0) is 10.5. The Labute approximate surface area is 90.4 Å². The van der Waals surface area contributed by atoms with E-state index in [9.17, 15) is 0 Å². The van der Waals surface area contributed by atoms with Crippen molar-refractivity contribution in [1.29, 1.82) is 0 Å². The largest absolute Gasteiger partial charge is 0.384 e. The Morgan fingerprint density at radius 3 is 2.87 bits per heavy atom. The summed E-state index contributed by atoms with van der Waals surface area (Å²) in [6.07, 6.45) is 0.952. The third-order valence-corrected chi connectivity index (χ3v) is 2.59. The molecule has 1 N–H and O–H groups in total. The molecule has 1 aliphatic heterocycles. The number of nitrogens with one attached hydrogen (secondary N) is 1. The number of para-hydroxylation sites is 1. The van der Waals surface area contributed by atoms with E-state index in [0.717, 1.165) is 26.2 Å². The van der Waals surface area contributed by atoms with Gasteiger partial charge in [-0.3, -0.25) is 0 Å². The van der Waals surface area contributed by atoms with Crippen molar-refractivity contribution in [3.8, 4) is 0 Å². The van der Waals surface area contributed by atoms with Gasteiger partial charge in [-0.25, -0.2) is 0 Å². The predicted molar refractivity (Wildman–Crippen MR) is 60.3 cm³/mol. The van der Waals surface area contributed by atoms with Crippen LogP contribution in [-0.4, -0.2) is 33.0 Å². The minimum Gasteiger partial charge on any atom is -0.384 e. The summed E-state index contributed by atoms with van der Waals surface area (Å²) < 4.78 is 10.2. The number of rotatable bonds is 5. The first-order valence-corrected chi connectivity index (χ1v) is 5.31. The second-order valence-electron chi connectivity index (χ2n) is 3.78. The molecule has 0 aliphatic carbocycles. The summed E-state index contributed by atoms with van der Waals surface area (Å²) in [5.41, 5.74) is 2.52. The lowest BCUT2D eigenvalue weighted by molar-refractivity contribution is 0.0210. The summed E-state index contributed by atoms with van der Waals surface area (Å²) in [4.78, 5) is 0. The fourth-order valence-corrected chi connectivity index (χ4v) is 1.63. The lowest BCUT2D eigenvalue weighted by Crippen LogP contribution is -2.40. The van der Waals surface area contributed by atoms with Crippen molar-refractivity contribution in [2.45, 2.75) is 12.5 Å². The lowest BCUT2D eigenvalue weighted by atomic mass is 10.1. The van der Waals surface area contributed by atoms with E-state index in [4.69, 9.17) is 9.47 Å². The monoisotopic (exact) mass is 207 g/mol. The molecule has 0 spiro atoms. The molecule has 0 saturated carbocycles. The van der Waals surface area contributed by atoms with Crippen LogP contribution < -0.4 is 5.32 Å². The van der Waals surface area contributed by atoms with Gasteiger partial charge in [0.2, 0.25) is 0 Å². The third-order valence-electron chi connectivity index (χ3n) is 2.59. The summed E-state index contributed by atoms with van der Waals surface area (Å²) >= 11 is 0. The maximum absolute atomic E-state index is 5.14. The van der Waals surface area contributed by atoms with Crippen LogP contribution in [0.4, 0.5) is 5.69 Å². The molecule has 1 aromatic carbocycles. The summed E-state index contributed by atoms with van der Waals surface area (Å²) in [5.74, 6) is 0. The number of hydrogen-bond donors (Lipinski definition) is 1. The van der Waals surface area contributed by atoms with Gasteiger partial charge in [-0.1, -0.05) is 18.2 Å². The van der Waals surface area contributed by atoms with E-state index in [1.807, 2.05) is 0 Å². The smallest absolute Gasteiger partial charge is 0.0728 e. The highest BCUT2D eigenvalue weighted by Gasteiger charge is 2.18. The van der Waals surface area contributed by atoms with Crippen LogP contribution in [0, 0.1) is 0 Å². The number of methoxy groups -OCH3 is 1. The standard InChI is InChI=1S/C12H17NO2/c1-14-7-6-10-4-2-3-5-12(10)13-11-8-15-9-11/h2-5,11,13H,6-9H2,1H3. The van der Waals surface area contributed by atoms with Crippen LogP contribution in [0.15, 0.2) is 24.3 Å². The molecule has 1 fully saturated rings. The Morgan fingerprint density at radius 2 is 2.20 bits per heavy atom. The van der Waals surface area contributed by atoms with Crippen molar-refractivity contribution in [2.75, 3.05) is 32.2 Å². The molecule has 1 aromatic rings. The Morgan fingerprint density at radius 1 is 1.40 bits per heavy atom. The van der Waals surface area contributed by atoms with E-state index >= 15 is 0 Å². The Hall–Kier alpha value is -1.06. The Balaban J connectivity index is 1.99. The van der Waals surface area contributed by atoms with Gasteiger partial charge >= 0.3 is 0 Å². The van der Waals surface area contributed by atoms with Gasteiger partial charge in [0, 0.05) is 12.8 Å². The molecule has 1 heterocycles. The maximum Gasteiger partial charge on any atom is 0.0728 e. The molecule has 1 saturated heterocycles. The van der Waals surface area contributed by atoms with Crippen LogP contribution in [0.25, 0.3) is 0 Å². The van der Waals surface area contributed by atoms with E-state index in [2.05, 4.69) is 29.6 Å². The zero-order valence-electron chi connectivity index (χ0n) is 9.03. The normalized spacial score (nSPS) is 16.1. The molecule has 1 aliphatic rings. The van der Waals surface area contributed by atoms with Crippen molar-refractivity contribution in [2.24, 2.45) is 0 Å². The topological polar surface area (TPSA) is 30.5 Å². The molecule has 3 heteroatoms.